The van der Waals surface area contributed by atoms with Crippen LogP contribution in [0.4, 0.5) is 4.39 Å². The Balaban J connectivity index is 1.42. The van der Waals surface area contributed by atoms with Gasteiger partial charge >= 0.3 is 0 Å². The van der Waals surface area contributed by atoms with Crippen LogP contribution >= 0.6 is 0 Å². The maximum absolute atomic E-state index is 13.4. The van der Waals surface area contributed by atoms with E-state index in [1.165, 1.54) is 12.1 Å². The van der Waals surface area contributed by atoms with E-state index >= 15 is 0 Å². The quantitative estimate of drug-likeness (QED) is 0.288. The van der Waals surface area contributed by atoms with E-state index < -0.39 is 0 Å². The van der Waals surface area contributed by atoms with Gasteiger partial charge in [-0.25, -0.2) is 9.02 Å². The molecule has 1 atom stereocenters. The van der Waals surface area contributed by atoms with Crippen LogP contribution in [0.15, 0.2) is 40.6 Å². The van der Waals surface area contributed by atoms with Gasteiger partial charge in [-0.2, -0.15) is 0 Å². The molecule has 0 spiro atoms. The van der Waals surface area contributed by atoms with E-state index in [1.807, 2.05) is 0 Å². The molecule has 1 aromatic carbocycles. The Morgan fingerprint density at radius 1 is 1.38 bits per heavy atom. The zero-order valence-corrected chi connectivity index (χ0v) is 13.4. The van der Waals surface area contributed by atoms with Crippen molar-refractivity contribution in [3.63, 3.8) is 0 Å². The van der Waals surface area contributed by atoms with Gasteiger partial charge in [-0.3, -0.25) is 0 Å². The SMILES string of the molecule is O/N=C(/N[C@H]1Cc2ccc(F)cc21)c1nonc1OCCn1cnnc1. The van der Waals surface area contributed by atoms with Crippen molar-refractivity contribution in [1.29, 1.82) is 0 Å². The summed E-state index contributed by atoms with van der Waals surface area (Å²) >= 11 is 0. The van der Waals surface area contributed by atoms with Crippen molar-refractivity contribution < 1.29 is 19.0 Å². The van der Waals surface area contributed by atoms with Gasteiger partial charge in [0.1, 0.15) is 25.1 Å². The molecular weight excluding hydrogens is 345 g/mol. The molecule has 0 aliphatic heterocycles. The molecule has 2 N–H and O–H groups in total. The lowest BCUT2D eigenvalue weighted by Gasteiger charge is -2.31. The summed E-state index contributed by atoms with van der Waals surface area (Å²) in [5.41, 5.74) is 1.96. The maximum Gasteiger partial charge on any atom is 0.287 e. The highest BCUT2D eigenvalue weighted by molar-refractivity contribution is 5.98. The van der Waals surface area contributed by atoms with Gasteiger partial charge in [-0.1, -0.05) is 11.2 Å². The van der Waals surface area contributed by atoms with Gasteiger partial charge in [-0.15, -0.1) is 10.2 Å². The van der Waals surface area contributed by atoms with Crippen LogP contribution in [-0.2, 0) is 13.0 Å². The summed E-state index contributed by atoms with van der Waals surface area (Å²) in [5, 5.41) is 30.3. The van der Waals surface area contributed by atoms with Crippen LogP contribution in [0, 0.1) is 5.82 Å². The van der Waals surface area contributed by atoms with Crippen molar-refractivity contribution in [2.45, 2.75) is 19.0 Å². The minimum absolute atomic E-state index is 0.0328. The summed E-state index contributed by atoms with van der Waals surface area (Å²) in [4.78, 5) is 0. The normalized spacial score (nSPS) is 16.0. The van der Waals surface area contributed by atoms with Crippen LogP contribution in [0.3, 0.4) is 0 Å². The number of fused-ring (bicyclic) bond motifs is 1. The number of amidine groups is 1. The molecule has 3 aromatic rings. The summed E-state index contributed by atoms with van der Waals surface area (Å²) in [5.74, 6) is -0.207. The first-order chi connectivity index (χ1) is 12.7. The van der Waals surface area contributed by atoms with Crippen molar-refractivity contribution in [3.05, 3.63) is 53.5 Å². The van der Waals surface area contributed by atoms with Gasteiger partial charge in [0.2, 0.25) is 11.5 Å². The number of nitrogens with one attached hydrogen (secondary N) is 1. The van der Waals surface area contributed by atoms with E-state index in [2.05, 4.69) is 35.6 Å². The van der Waals surface area contributed by atoms with Gasteiger partial charge in [-0.05, 0) is 40.0 Å². The second-order valence-electron chi connectivity index (χ2n) is 5.66. The highest BCUT2D eigenvalue weighted by atomic mass is 19.1. The predicted molar refractivity (Wildman–Crippen MR) is 84.1 cm³/mol. The van der Waals surface area contributed by atoms with Gasteiger partial charge in [0.05, 0.1) is 12.6 Å². The molecule has 1 aliphatic carbocycles. The lowest BCUT2D eigenvalue weighted by atomic mass is 9.83. The number of halogens is 1. The molecule has 0 unspecified atom stereocenters. The molecule has 11 heteroatoms. The van der Waals surface area contributed by atoms with Gasteiger partial charge in [0.25, 0.3) is 5.88 Å². The second-order valence-corrected chi connectivity index (χ2v) is 5.66. The molecule has 0 saturated carbocycles. The van der Waals surface area contributed by atoms with E-state index in [1.54, 1.807) is 23.3 Å². The Kier molecular flexibility index (Phi) is 4.17. The minimum Gasteiger partial charge on any atom is -0.472 e. The fourth-order valence-corrected chi connectivity index (χ4v) is 2.72. The lowest BCUT2D eigenvalue weighted by Crippen LogP contribution is -2.36. The summed E-state index contributed by atoms with van der Waals surface area (Å²) in [7, 11) is 0. The van der Waals surface area contributed by atoms with Crippen molar-refractivity contribution in [3.8, 4) is 5.88 Å². The van der Waals surface area contributed by atoms with Crippen molar-refractivity contribution in [1.82, 2.24) is 30.4 Å². The largest absolute Gasteiger partial charge is 0.472 e. The predicted octanol–water partition coefficient (Wildman–Crippen LogP) is 0.902. The first-order valence-electron chi connectivity index (χ1n) is 7.79. The fourth-order valence-electron chi connectivity index (χ4n) is 2.72. The molecule has 1 aliphatic rings. The van der Waals surface area contributed by atoms with Crippen LogP contribution in [0.25, 0.3) is 0 Å². The summed E-state index contributed by atoms with van der Waals surface area (Å²) in [6.45, 7) is 0.753. The Bertz CT molecular complexity index is 925. The average Bonchev–Trinajstić information content (AvgIpc) is 3.30. The molecule has 0 bridgehead atoms. The molecule has 0 saturated heterocycles. The summed E-state index contributed by atoms with van der Waals surface area (Å²) in [6, 6.07) is 4.39. The third kappa shape index (κ3) is 3.06. The highest BCUT2D eigenvalue weighted by Crippen LogP contribution is 2.33. The summed E-state index contributed by atoms with van der Waals surface area (Å²) in [6.07, 6.45) is 3.78. The number of nitrogens with zero attached hydrogens (tertiary/aromatic N) is 6. The molecule has 134 valence electrons. The lowest BCUT2D eigenvalue weighted by molar-refractivity contribution is 0.247. The average molecular weight is 359 g/mol. The number of aromatic nitrogens is 5. The summed E-state index contributed by atoms with van der Waals surface area (Å²) < 4.78 is 25.3. The fraction of sp³-hybridized carbons (Fsp3) is 0.267. The number of benzene rings is 1. The number of rotatable bonds is 6. The topological polar surface area (TPSA) is 123 Å². The molecular formula is C15H14FN7O3. The standard InChI is InChI=1S/C15H14FN7O3/c16-10-2-1-9-5-12(11(9)6-10)19-14(20-24)13-15(22-26-21-13)25-4-3-23-7-17-18-8-23/h1-2,6-8,12,24H,3-5H2,(H,19,20)/t12-/m0/s1. The molecule has 0 fully saturated rings. The van der Waals surface area contributed by atoms with Crippen molar-refractivity contribution in [2.75, 3.05) is 6.61 Å². The first-order valence-corrected chi connectivity index (χ1v) is 7.79. The van der Waals surface area contributed by atoms with E-state index in [9.17, 15) is 9.60 Å². The van der Waals surface area contributed by atoms with Crippen LogP contribution in [0.1, 0.15) is 22.9 Å². The molecule has 26 heavy (non-hydrogen) atoms. The number of ether oxygens (including phenoxy) is 1. The zero-order chi connectivity index (χ0) is 17.9. The Hall–Kier alpha value is -3.50. The Labute approximate surface area is 146 Å². The van der Waals surface area contributed by atoms with Crippen molar-refractivity contribution in [2.24, 2.45) is 5.16 Å². The maximum atomic E-state index is 13.4. The Morgan fingerprint density at radius 2 is 2.23 bits per heavy atom. The molecule has 2 heterocycles. The monoisotopic (exact) mass is 359 g/mol. The molecule has 4 rings (SSSR count). The highest BCUT2D eigenvalue weighted by Gasteiger charge is 2.30. The molecule has 10 nitrogen and oxygen atoms in total. The van der Waals surface area contributed by atoms with E-state index in [-0.39, 0.29) is 35.9 Å². The number of hydrogen-bond acceptors (Lipinski definition) is 8. The van der Waals surface area contributed by atoms with E-state index in [4.69, 9.17) is 4.74 Å². The minimum atomic E-state index is -0.321. The third-order valence-electron chi connectivity index (χ3n) is 4.06. The van der Waals surface area contributed by atoms with Gasteiger partial charge in [0, 0.05) is 0 Å². The van der Waals surface area contributed by atoms with Crippen LogP contribution < -0.4 is 10.1 Å². The third-order valence-corrected chi connectivity index (χ3v) is 4.06. The molecule has 2 aromatic heterocycles. The zero-order valence-electron chi connectivity index (χ0n) is 13.4. The van der Waals surface area contributed by atoms with Crippen LogP contribution in [0.5, 0.6) is 5.88 Å². The second kappa shape index (κ2) is 6.78. The van der Waals surface area contributed by atoms with E-state index in [0.29, 0.717) is 13.0 Å². The van der Waals surface area contributed by atoms with Crippen LogP contribution in [-0.4, -0.2) is 42.7 Å². The molecule has 0 radical (unpaired) electrons. The van der Waals surface area contributed by atoms with Gasteiger partial charge in [0.15, 0.2) is 0 Å². The first kappa shape index (κ1) is 16.0. The van der Waals surface area contributed by atoms with Gasteiger partial charge < -0.3 is 19.8 Å². The number of hydrogen-bond donors (Lipinski definition) is 2. The van der Waals surface area contributed by atoms with Crippen LogP contribution in [0.2, 0.25) is 0 Å². The van der Waals surface area contributed by atoms with Crippen molar-refractivity contribution >= 4 is 5.84 Å². The Morgan fingerprint density at radius 3 is 3.04 bits per heavy atom. The smallest absolute Gasteiger partial charge is 0.287 e. The number of oxime groups is 1. The molecule has 0 amide bonds. The van der Waals surface area contributed by atoms with E-state index in [0.717, 1.165) is 11.1 Å².